The van der Waals surface area contributed by atoms with Crippen LogP contribution in [-0.4, -0.2) is 21.5 Å². The van der Waals surface area contributed by atoms with Gasteiger partial charge in [-0.15, -0.1) is 0 Å². The van der Waals surface area contributed by atoms with Crippen LogP contribution in [0.4, 0.5) is 5.69 Å². The van der Waals surface area contributed by atoms with Gasteiger partial charge in [0.25, 0.3) is 5.91 Å². The number of carbonyl (C=O) groups excluding carboxylic acids is 1. The van der Waals surface area contributed by atoms with E-state index in [2.05, 4.69) is 32.6 Å². The molecule has 0 fully saturated rings. The van der Waals surface area contributed by atoms with Crippen molar-refractivity contribution in [2.45, 2.75) is 32.7 Å². The van der Waals surface area contributed by atoms with E-state index in [9.17, 15) is 4.79 Å². The van der Waals surface area contributed by atoms with Gasteiger partial charge in [-0.05, 0) is 73.7 Å². The first kappa shape index (κ1) is 23.4. The predicted octanol–water partition coefficient (Wildman–Crippen LogP) is 7.72. The zero-order valence-corrected chi connectivity index (χ0v) is 21.5. The highest BCUT2D eigenvalue weighted by molar-refractivity contribution is 6.30. The summed E-state index contributed by atoms with van der Waals surface area (Å²) in [5.74, 6) is 0.697. The lowest BCUT2D eigenvalue weighted by Crippen LogP contribution is -2.15. The molecule has 2 aromatic heterocycles. The molecule has 3 heterocycles. The summed E-state index contributed by atoms with van der Waals surface area (Å²) in [6.45, 7) is 3.49. The third-order valence-electron chi connectivity index (χ3n) is 6.97. The number of halogens is 1. The van der Waals surface area contributed by atoms with Crippen LogP contribution in [0.5, 0.6) is 5.75 Å². The van der Waals surface area contributed by atoms with E-state index in [4.69, 9.17) is 16.3 Å². The molecule has 0 bridgehead atoms. The summed E-state index contributed by atoms with van der Waals surface area (Å²) in [4.78, 5) is 13.9. The van der Waals surface area contributed by atoms with E-state index < -0.39 is 0 Å². The predicted molar refractivity (Wildman–Crippen MR) is 150 cm³/mol. The Labute approximate surface area is 221 Å². The Bertz CT molecular complexity index is 1570. The molecule has 0 aliphatic carbocycles. The molecule has 37 heavy (non-hydrogen) atoms. The Morgan fingerprint density at radius 2 is 1.68 bits per heavy atom. The number of amides is 1. The first-order valence-corrected chi connectivity index (χ1v) is 13.1. The van der Waals surface area contributed by atoms with Gasteiger partial charge in [-0.1, -0.05) is 54.1 Å². The summed E-state index contributed by atoms with van der Waals surface area (Å²) in [5.41, 5.74) is 7.89. The molecule has 1 N–H and O–H groups in total. The van der Waals surface area contributed by atoms with Gasteiger partial charge < -0.3 is 14.6 Å². The van der Waals surface area contributed by atoms with Gasteiger partial charge in [-0.25, -0.2) is 0 Å². The molecular formula is C31H28ClN3O2. The van der Waals surface area contributed by atoms with Gasteiger partial charge in [0.15, 0.2) is 0 Å². The lowest BCUT2D eigenvalue weighted by atomic mass is 9.97. The Hall–Kier alpha value is -3.96. The zero-order valence-electron chi connectivity index (χ0n) is 20.7. The molecule has 0 saturated carbocycles. The Morgan fingerprint density at radius 1 is 0.946 bits per heavy atom. The van der Waals surface area contributed by atoms with Crippen LogP contribution < -0.4 is 10.1 Å². The molecule has 1 aliphatic rings. The molecule has 5 aromatic rings. The van der Waals surface area contributed by atoms with Gasteiger partial charge in [0.1, 0.15) is 17.1 Å². The second-order valence-corrected chi connectivity index (χ2v) is 9.74. The van der Waals surface area contributed by atoms with Gasteiger partial charge >= 0.3 is 0 Å². The monoisotopic (exact) mass is 509 g/mol. The van der Waals surface area contributed by atoms with Crippen LogP contribution in [-0.2, 0) is 13.0 Å². The molecule has 0 unspecified atom stereocenters. The van der Waals surface area contributed by atoms with Crippen molar-refractivity contribution in [3.63, 3.8) is 0 Å². The molecule has 6 heteroatoms. The summed E-state index contributed by atoms with van der Waals surface area (Å²) in [5, 5.41) is 3.84. The van der Waals surface area contributed by atoms with Gasteiger partial charge in [0.2, 0.25) is 0 Å². The Morgan fingerprint density at radius 3 is 2.41 bits per heavy atom. The van der Waals surface area contributed by atoms with Crippen LogP contribution in [0.3, 0.4) is 0 Å². The second-order valence-electron chi connectivity index (χ2n) is 9.30. The van der Waals surface area contributed by atoms with Crippen molar-refractivity contribution in [1.29, 1.82) is 0 Å². The van der Waals surface area contributed by atoms with Crippen molar-refractivity contribution in [1.82, 2.24) is 8.97 Å². The van der Waals surface area contributed by atoms with Crippen LogP contribution in [0, 0.1) is 0 Å². The SMILES string of the molecule is CCOc1ccc(-c2c3c4n(c(-c5ccc(Cl)cc5)cn4c2C(=O)Nc2ccccc2)CCCC3)cc1. The number of nitrogens with zero attached hydrogens (tertiary/aromatic N) is 2. The summed E-state index contributed by atoms with van der Waals surface area (Å²) in [6, 6.07) is 25.6. The van der Waals surface area contributed by atoms with Gasteiger partial charge in [-0.3, -0.25) is 9.20 Å². The zero-order chi connectivity index (χ0) is 25.4. The average Bonchev–Trinajstić information content (AvgIpc) is 3.33. The van der Waals surface area contributed by atoms with Gasteiger partial charge in [0, 0.05) is 34.6 Å². The number of hydrogen-bond acceptors (Lipinski definition) is 2. The molecule has 186 valence electrons. The van der Waals surface area contributed by atoms with Gasteiger partial charge in [0.05, 0.1) is 12.3 Å². The van der Waals surface area contributed by atoms with E-state index in [0.717, 1.165) is 65.3 Å². The first-order chi connectivity index (χ1) is 18.1. The lowest BCUT2D eigenvalue weighted by molar-refractivity contribution is 0.102. The summed E-state index contributed by atoms with van der Waals surface area (Å²) < 4.78 is 10.1. The molecule has 6 rings (SSSR count). The number of para-hydroxylation sites is 1. The van der Waals surface area contributed by atoms with E-state index in [1.807, 2.05) is 73.7 Å². The number of aromatic nitrogens is 2. The number of imidazole rings is 1. The summed E-state index contributed by atoms with van der Waals surface area (Å²) >= 11 is 6.18. The number of hydrogen-bond donors (Lipinski definition) is 1. The molecule has 1 amide bonds. The molecule has 0 spiro atoms. The number of aryl methyl sites for hydroxylation is 2. The summed E-state index contributed by atoms with van der Waals surface area (Å²) in [6.07, 6.45) is 5.15. The number of ether oxygens (including phenoxy) is 1. The van der Waals surface area contributed by atoms with Crippen molar-refractivity contribution < 1.29 is 9.53 Å². The minimum Gasteiger partial charge on any atom is -0.494 e. The Balaban J connectivity index is 1.58. The number of anilines is 1. The highest BCUT2D eigenvalue weighted by Crippen LogP contribution is 2.40. The minimum absolute atomic E-state index is 0.128. The lowest BCUT2D eigenvalue weighted by Gasteiger charge is -2.11. The van der Waals surface area contributed by atoms with Crippen molar-refractivity contribution in [3.8, 4) is 28.1 Å². The maximum absolute atomic E-state index is 13.9. The van der Waals surface area contributed by atoms with Crippen LogP contribution in [0.25, 0.3) is 28.0 Å². The van der Waals surface area contributed by atoms with Crippen molar-refractivity contribution in [2.75, 3.05) is 11.9 Å². The van der Waals surface area contributed by atoms with E-state index in [1.165, 1.54) is 5.56 Å². The highest BCUT2D eigenvalue weighted by Gasteiger charge is 2.29. The topological polar surface area (TPSA) is 47.7 Å². The van der Waals surface area contributed by atoms with Crippen LogP contribution in [0.15, 0.2) is 85.1 Å². The number of benzene rings is 3. The minimum atomic E-state index is -0.128. The van der Waals surface area contributed by atoms with Crippen molar-refractivity contribution in [2.24, 2.45) is 0 Å². The fourth-order valence-electron chi connectivity index (χ4n) is 5.37. The highest BCUT2D eigenvalue weighted by atomic mass is 35.5. The second kappa shape index (κ2) is 9.83. The molecule has 0 saturated heterocycles. The average molecular weight is 510 g/mol. The summed E-state index contributed by atoms with van der Waals surface area (Å²) in [7, 11) is 0. The number of nitrogens with one attached hydrogen (secondary N) is 1. The first-order valence-electron chi connectivity index (χ1n) is 12.8. The number of rotatable bonds is 6. The van der Waals surface area contributed by atoms with Crippen molar-refractivity contribution >= 4 is 28.8 Å². The molecule has 0 radical (unpaired) electrons. The van der Waals surface area contributed by atoms with E-state index in [1.54, 1.807) is 0 Å². The molecular weight excluding hydrogens is 482 g/mol. The van der Waals surface area contributed by atoms with E-state index in [0.29, 0.717) is 17.3 Å². The maximum atomic E-state index is 13.9. The third kappa shape index (κ3) is 4.30. The van der Waals surface area contributed by atoms with Crippen molar-refractivity contribution in [3.05, 3.63) is 101 Å². The third-order valence-corrected chi connectivity index (χ3v) is 7.23. The van der Waals surface area contributed by atoms with Gasteiger partial charge in [-0.2, -0.15) is 0 Å². The maximum Gasteiger partial charge on any atom is 0.273 e. The normalized spacial score (nSPS) is 12.9. The standard InChI is InChI=1S/C31H28ClN3O2/c1-2-37-25-17-13-22(14-18-25)28-26-10-6-7-19-34-27(21-11-15-23(32)16-12-21)20-35(31(26)34)29(28)30(36)33-24-8-4-3-5-9-24/h3-5,8-9,11-18,20H,2,6-7,10,19H2,1H3,(H,33,36). The Kier molecular flexibility index (Phi) is 6.23. The fourth-order valence-corrected chi connectivity index (χ4v) is 5.49. The van der Waals surface area contributed by atoms with Crippen LogP contribution in [0.1, 0.15) is 35.8 Å². The largest absolute Gasteiger partial charge is 0.494 e. The van der Waals surface area contributed by atoms with E-state index in [-0.39, 0.29) is 5.91 Å². The van der Waals surface area contributed by atoms with Crippen LogP contribution >= 0.6 is 11.6 Å². The number of carbonyl (C=O) groups is 1. The van der Waals surface area contributed by atoms with E-state index >= 15 is 0 Å². The fraction of sp³-hybridized carbons (Fsp3) is 0.194. The molecule has 3 aromatic carbocycles. The molecule has 1 aliphatic heterocycles. The molecule has 5 nitrogen and oxygen atoms in total. The quantitative estimate of drug-likeness (QED) is 0.255. The smallest absolute Gasteiger partial charge is 0.273 e. The molecule has 0 atom stereocenters. The van der Waals surface area contributed by atoms with Crippen LogP contribution in [0.2, 0.25) is 5.02 Å².